The minimum absolute atomic E-state index is 0.0306. The average Bonchev–Trinajstić information content (AvgIpc) is 4.06. The van der Waals surface area contributed by atoms with E-state index in [1.807, 2.05) is 75.7 Å². The minimum Gasteiger partial charge on any atom is -0.508 e. The highest BCUT2D eigenvalue weighted by molar-refractivity contribution is 7.22. The number of piperidine rings is 1. The molecule has 0 aliphatic carbocycles. The maximum Gasteiger partial charge on any atom is 0.246 e. The quantitative estimate of drug-likeness (QED) is 0.0670. The number of hydrogen-bond donors (Lipinski definition) is 3. The first-order valence-electron chi connectivity index (χ1n) is 23.7. The molecule has 8 rings (SSSR count). The minimum atomic E-state index is -0.927. The number of amides is 2. The van der Waals surface area contributed by atoms with Crippen molar-refractivity contribution in [2.75, 3.05) is 52.6 Å². The van der Waals surface area contributed by atoms with Gasteiger partial charge in [0.2, 0.25) is 11.8 Å². The number of aryl methyl sites for hydroxylation is 2. The lowest BCUT2D eigenvalue weighted by Crippen LogP contribution is -2.57. The first-order valence-corrected chi connectivity index (χ1v) is 25.4. The molecule has 0 spiro atoms. The number of nitrogens with one attached hydrogen (secondary N) is 1. The zero-order chi connectivity index (χ0) is 48.7. The van der Waals surface area contributed by atoms with Crippen LogP contribution in [0.25, 0.3) is 31.0 Å². The van der Waals surface area contributed by atoms with Gasteiger partial charge in [0.15, 0.2) is 11.5 Å². The zero-order valence-electron chi connectivity index (χ0n) is 39.6. The number of likely N-dealkylation sites (tertiary alicyclic amines) is 2. The summed E-state index contributed by atoms with van der Waals surface area (Å²) in [5, 5.41) is 24.4. The number of phenolic OH excluding ortho intramolecular Hbond substituents is 1. The third kappa shape index (κ3) is 12.6. The lowest BCUT2D eigenvalue weighted by Gasteiger charge is -2.35. The van der Waals surface area contributed by atoms with Crippen molar-refractivity contribution in [2.45, 2.75) is 83.9 Å². The number of carbonyl (C=O) groups excluding carboxylic acids is 3. The van der Waals surface area contributed by atoms with Crippen molar-refractivity contribution in [1.29, 1.82) is 0 Å². The number of carbonyl (C=O) groups is 3. The summed E-state index contributed by atoms with van der Waals surface area (Å²) < 4.78 is 32.6. The molecule has 4 aromatic carbocycles. The number of fused-ring (bicyclic) bond motifs is 1. The van der Waals surface area contributed by atoms with Gasteiger partial charge in [0.25, 0.3) is 0 Å². The van der Waals surface area contributed by atoms with Crippen molar-refractivity contribution < 1.29 is 43.2 Å². The molecule has 15 heteroatoms. The van der Waals surface area contributed by atoms with E-state index >= 15 is 0 Å². The van der Waals surface area contributed by atoms with Crippen molar-refractivity contribution in [1.82, 2.24) is 20.1 Å². The van der Waals surface area contributed by atoms with Gasteiger partial charge >= 0.3 is 0 Å². The fourth-order valence-corrected chi connectivity index (χ4v) is 11.1. The summed E-state index contributed by atoms with van der Waals surface area (Å²) in [6.07, 6.45) is 2.11. The monoisotopic (exact) mass is 976 g/mol. The number of β-amino-alcohol motifs (C(OH)–C–C–N with tert-alkyl or cyclic N) is 1. The predicted molar refractivity (Wildman–Crippen MR) is 269 cm³/mol. The van der Waals surface area contributed by atoms with Crippen molar-refractivity contribution in [3.05, 3.63) is 119 Å². The van der Waals surface area contributed by atoms with Crippen LogP contribution >= 0.6 is 22.7 Å². The molecule has 12 nitrogen and oxygen atoms in total. The molecule has 0 unspecified atom stereocenters. The Morgan fingerprint density at radius 1 is 0.899 bits per heavy atom. The van der Waals surface area contributed by atoms with Crippen molar-refractivity contribution in [2.24, 2.45) is 5.41 Å². The van der Waals surface area contributed by atoms with Gasteiger partial charge in [-0.2, -0.15) is 0 Å². The number of Topliss-reactive ketones (excluding diaryl/α,β-unsaturated/α-hetero) is 1. The Morgan fingerprint density at radius 2 is 1.59 bits per heavy atom. The highest BCUT2D eigenvalue weighted by atomic mass is 32.1. The van der Waals surface area contributed by atoms with Crippen molar-refractivity contribution >= 4 is 50.4 Å². The molecule has 6 aromatic rings. The summed E-state index contributed by atoms with van der Waals surface area (Å²) in [4.78, 5) is 50.8. The van der Waals surface area contributed by atoms with Crippen LogP contribution in [0.2, 0.25) is 0 Å². The van der Waals surface area contributed by atoms with Gasteiger partial charge in [0.1, 0.15) is 30.0 Å². The molecule has 0 bridgehead atoms. The Balaban J connectivity index is 0.731. The lowest BCUT2D eigenvalue weighted by atomic mass is 9.85. The van der Waals surface area contributed by atoms with Gasteiger partial charge in [-0.05, 0) is 115 Å². The lowest BCUT2D eigenvalue weighted by molar-refractivity contribution is -0.144. The second-order valence-corrected chi connectivity index (χ2v) is 21.0. The maximum absolute atomic E-state index is 14.0. The van der Waals surface area contributed by atoms with Gasteiger partial charge in [-0.25, -0.2) is 9.37 Å². The number of aliphatic hydroxyl groups excluding tert-OH is 1. The van der Waals surface area contributed by atoms with Crippen LogP contribution < -0.4 is 10.1 Å². The molecule has 2 aromatic heterocycles. The summed E-state index contributed by atoms with van der Waals surface area (Å²) >= 11 is 3.09. The second-order valence-electron chi connectivity index (χ2n) is 19.1. The SMILES string of the molecule is Cc1ncsc1-c1ccc(CCC(=O)[C@@H]2C[C@@H](O)CN2C(=O)[C@@H](NC(=O)COCCOCCN2CCC(c3ccc(Oc4c(-c5ccc(F)cc5)sc5cc(O)ccc45)cc3)CC2)C(C)(C)C)cc1. The molecule has 0 radical (unpaired) electrons. The number of rotatable bonds is 19. The molecule has 4 heterocycles. The van der Waals surface area contributed by atoms with E-state index in [2.05, 4.69) is 27.3 Å². The van der Waals surface area contributed by atoms with Gasteiger partial charge in [-0.3, -0.25) is 14.4 Å². The molecule has 3 N–H and O–H groups in total. The molecule has 3 atom stereocenters. The summed E-state index contributed by atoms with van der Waals surface area (Å²) in [5.74, 6) is 0.726. The van der Waals surface area contributed by atoms with Crippen LogP contribution in [0.1, 0.15) is 69.2 Å². The summed E-state index contributed by atoms with van der Waals surface area (Å²) in [7, 11) is 0. The number of nitrogens with zero attached hydrogens (tertiary/aromatic N) is 3. The molecule has 2 fully saturated rings. The van der Waals surface area contributed by atoms with Gasteiger partial charge < -0.3 is 39.5 Å². The van der Waals surface area contributed by atoms with Crippen LogP contribution in [-0.2, 0) is 30.3 Å². The maximum atomic E-state index is 14.0. The van der Waals surface area contributed by atoms with Gasteiger partial charge in [-0.1, -0.05) is 69.3 Å². The van der Waals surface area contributed by atoms with Gasteiger partial charge in [-0.15, -0.1) is 22.7 Å². The van der Waals surface area contributed by atoms with E-state index in [9.17, 15) is 29.0 Å². The van der Waals surface area contributed by atoms with Crippen LogP contribution in [0.15, 0.2) is 96.5 Å². The first-order chi connectivity index (χ1) is 33.2. The molecule has 2 saturated heterocycles. The highest BCUT2D eigenvalue weighted by Gasteiger charge is 2.44. The van der Waals surface area contributed by atoms with Crippen molar-refractivity contribution in [3.8, 4) is 38.1 Å². The fraction of sp³-hybridized carbons (Fsp3) is 0.407. The van der Waals surface area contributed by atoms with Gasteiger partial charge in [0.05, 0.1) is 52.9 Å². The Kier molecular flexibility index (Phi) is 16.2. The number of ether oxygens (including phenoxy) is 3. The third-order valence-electron chi connectivity index (χ3n) is 13.0. The number of thiophene rings is 1. The predicted octanol–water partition coefficient (Wildman–Crippen LogP) is 9.54. The Bertz CT molecular complexity index is 2690. The topological polar surface area (TPSA) is 151 Å². The normalized spacial score (nSPS) is 17.3. The number of ketones is 1. The van der Waals surface area contributed by atoms with Crippen LogP contribution in [0.5, 0.6) is 17.2 Å². The number of benzene rings is 4. The number of thiazole rings is 1. The number of phenols is 1. The molecular weight excluding hydrogens is 916 g/mol. The zero-order valence-corrected chi connectivity index (χ0v) is 41.3. The summed E-state index contributed by atoms with van der Waals surface area (Å²) in [5.41, 5.74) is 6.33. The standard InChI is InChI=1S/C54H61FN4O8S2/c1-34-50(68-33-56-34)38-8-5-35(6-9-38)7-20-46(62)45-29-42(61)31-59(45)53(64)52(54(2,3)4)57-48(63)32-66-28-27-65-26-25-58-23-21-37(22-24-58)36-12-17-43(18-13-36)67-49-44-19-16-41(60)30-47(44)69-51(49)39-10-14-40(55)15-11-39/h5-6,8-19,30,33,37,42,45,52,60-61H,7,20-29,31-32H2,1-4H3,(H,57,63)/t42-,45+,52-/m1/s1. The molecule has 0 saturated carbocycles. The van der Waals surface area contributed by atoms with Crippen LogP contribution in [-0.4, -0.2) is 113 Å². The van der Waals surface area contributed by atoms with Crippen LogP contribution in [0.3, 0.4) is 0 Å². The summed E-state index contributed by atoms with van der Waals surface area (Å²) in [6, 6.07) is 26.2. The molecule has 2 aliphatic rings. The number of hydrogen-bond acceptors (Lipinski definition) is 12. The van der Waals surface area contributed by atoms with E-state index in [0.717, 1.165) is 74.7 Å². The average molecular weight is 977 g/mol. The highest BCUT2D eigenvalue weighted by Crippen LogP contribution is 2.47. The van der Waals surface area contributed by atoms with Crippen molar-refractivity contribution in [3.63, 3.8) is 0 Å². The largest absolute Gasteiger partial charge is 0.508 e. The molecule has 69 heavy (non-hydrogen) atoms. The molecular formula is C54H61FN4O8S2. The van der Waals surface area contributed by atoms with E-state index in [0.29, 0.717) is 37.1 Å². The van der Waals surface area contributed by atoms with E-state index in [1.165, 1.54) is 33.9 Å². The van der Waals surface area contributed by atoms with E-state index in [4.69, 9.17) is 14.2 Å². The van der Waals surface area contributed by atoms with E-state index in [-0.39, 0.29) is 50.0 Å². The van der Waals surface area contributed by atoms with Crippen LogP contribution in [0, 0.1) is 18.2 Å². The number of aliphatic hydroxyl groups is 1. The Morgan fingerprint density at radius 3 is 2.29 bits per heavy atom. The number of aromatic hydroxyl groups is 1. The summed E-state index contributed by atoms with van der Waals surface area (Å²) in [6.45, 7) is 11.1. The Labute approximate surface area is 411 Å². The van der Waals surface area contributed by atoms with E-state index in [1.54, 1.807) is 35.6 Å². The fourth-order valence-electron chi connectivity index (χ4n) is 9.16. The molecule has 2 aliphatic heterocycles. The third-order valence-corrected chi connectivity index (χ3v) is 15.2. The molecule has 2 amide bonds. The molecule has 364 valence electrons. The Hall–Kier alpha value is -5.55. The smallest absolute Gasteiger partial charge is 0.246 e. The van der Waals surface area contributed by atoms with Gasteiger partial charge in [0, 0.05) is 36.0 Å². The van der Waals surface area contributed by atoms with Crippen LogP contribution in [0.4, 0.5) is 4.39 Å². The van der Waals surface area contributed by atoms with E-state index < -0.39 is 35.4 Å². The second kappa shape index (κ2) is 22.5. The number of aromatic nitrogens is 1. The first kappa shape index (κ1) is 49.9. The number of halogens is 1.